The SMILES string of the molecule is CC(C)(C)OC(=O)N1C[C@H](CO)C2(CC2)C1. The molecule has 1 saturated heterocycles. The van der Waals surface area contributed by atoms with Gasteiger partial charge >= 0.3 is 6.09 Å². The minimum absolute atomic E-state index is 0.180. The van der Waals surface area contributed by atoms with Crippen LogP contribution in [0.25, 0.3) is 0 Å². The fourth-order valence-corrected chi connectivity index (χ4v) is 2.48. The highest BCUT2D eigenvalue weighted by Gasteiger charge is 2.56. The van der Waals surface area contributed by atoms with Crippen LogP contribution in [0.4, 0.5) is 4.79 Å². The zero-order valence-electron chi connectivity index (χ0n) is 10.3. The lowest BCUT2D eigenvalue weighted by Gasteiger charge is -2.24. The second kappa shape index (κ2) is 3.62. The molecule has 1 heterocycles. The molecule has 1 atom stereocenters. The first-order valence-electron chi connectivity index (χ1n) is 5.95. The third-order valence-electron chi connectivity index (χ3n) is 3.58. The van der Waals surface area contributed by atoms with Crippen molar-refractivity contribution >= 4 is 6.09 Å². The van der Waals surface area contributed by atoms with Crippen LogP contribution in [-0.2, 0) is 4.74 Å². The average molecular weight is 227 g/mol. The highest BCUT2D eigenvalue weighted by molar-refractivity contribution is 5.68. The Kier molecular flexibility index (Phi) is 2.65. The number of hydrogen-bond acceptors (Lipinski definition) is 3. The molecular weight excluding hydrogens is 206 g/mol. The van der Waals surface area contributed by atoms with Gasteiger partial charge in [-0.3, -0.25) is 0 Å². The molecular formula is C12H21NO3. The van der Waals surface area contributed by atoms with Crippen LogP contribution >= 0.6 is 0 Å². The largest absolute Gasteiger partial charge is 0.444 e. The standard InChI is InChI=1S/C12H21NO3/c1-11(2,3)16-10(15)13-6-9(7-14)12(8-13)4-5-12/h9,14H,4-8H2,1-3H3/t9-/m1/s1. The van der Waals surface area contributed by atoms with Gasteiger partial charge in [-0.2, -0.15) is 0 Å². The normalized spacial score (nSPS) is 27.2. The van der Waals surface area contributed by atoms with Crippen molar-refractivity contribution < 1.29 is 14.6 Å². The van der Waals surface area contributed by atoms with Gasteiger partial charge in [0, 0.05) is 25.6 Å². The van der Waals surface area contributed by atoms with Crippen molar-refractivity contribution in [2.75, 3.05) is 19.7 Å². The van der Waals surface area contributed by atoms with E-state index >= 15 is 0 Å². The Labute approximate surface area is 96.6 Å². The molecule has 4 nitrogen and oxygen atoms in total. The summed E-state index contributed by atoms with van der Waals surface area (Å²) in [5, 5.41) is 9.29. The van der Waals surface area contributed by atoms with Crippen molar-refractivity contribution in [3.05, 3.63) is 0 Å². The summed E-state index contributed by atoms with van der Waals surface area (Å²) in [7, 11) is 0. The Bertz CT molecular complexity index is 291. The molecule has 1 aliphatic heterocycles. The molecule has 1 N–H and O–H groups in total. The van der Waals surface area contributed by atoms with Crippen LogP contribution in [0.5, 0.6) is 0 Å². The van der Waals surface area contributed by atoms with Gasteiger partial charge in [0.1, 0.15) is 5.60 Å². The number of aliphatic hydroxyl groups is 1. The van der Waals surface area contributed by atoms with Gasteiger partial charge in [0.05, 0.1) is 0 Å². The van der Waals surface area contributed by atoms with Gasteiger partial charge in [0.15, 0.2) is 0 Å². The van der Waals surface area contributed by atoms with Crippen LogP contribution < -0.4 is 0 Å². The van der Waals surface area contributed by atoms with Gasteiger partial charge in [-0.15, -0.1) is 0 Å². The van der Waals surface area contributed by atoms with Crippen LogP contribution in [0.3, 0.4) is 0 Å². The van der Waals surface area contributed by atoms with Gasteiger partial charge in [0.25, 0.3) is 0 Å². The van der Waals surface area contributed by atoms with Gasteiger partial charge in [-0.1, -0.05) is 0 Å². The fraction of sp³-hybridized carbons (Fsp3) is 0.917. The van der Waals surface area contributed by atoms with Gasteiger partial charge in [-0.25, -0.2) is 4.79 Å². The molecule has 0 aromatic rings. The van der Waals surface area contributed by atoms with E-state index in [0.29, 0.717) is 6.54 Å². The number of carbonyl (C=O) groups excluding carboxylic acids is 1. The maximum absolute atomic E-state index is 11.9. The maximum Gasteiger partial charge on any atom is 0.410 e. The van der Waals surface area contributed by atoms with Crippen LogP contribution in [0.1, 0.15) is 33.6 Å². The van der Waals surface area contributed by atoms with Crippen molar-refractivity contribution in [1.29, 1.82) is 0 Å². The summed E-state index contributed by atoms with van der Waals surface area (Å²) in [4.78, 5) is 13.6. The Hall–Kier alpha value is -0.770. The van der Waals surface area contributed by atoms with Gasteiger partial charge < -0.3 is 14.7 Å². The molecule has 0 unspecified atom stereocenters. The van der Waals surface area contributed by atoms with E-state index in [1.165, 1.54) is 0 Å². The number of hydrogen-bond donors (Lipinski definition) is 1. The Morgan fingerprint density at radius 2 is 2.12 bits per heavy atom. The molecule has 4 heteroatoms. The second-order valence-electron chi connectivity index (χ2n) is 6.10. The summed E-state index contributed by atoms with van der Waals surface area (Å²) >= 11 is 0. The molecule has 1 saturated carbocycles. The molecule has 2 rings (SSSR count). The van der Waals surface area contributed by atoms with Crippen molar-refractivity contribution in [1.82, 2.24) is 4.90 Å². The quantitative estimate of drug-likeness (QED) is 0.740. The number of likely N-dealkylation sites (tertiary alicyclic amines) is 1. The topological polar surface area (TPSA) is 49.8 Å². The number of rotatable bonds is 1. The highest BCUT2D eigenvalue weighted by Crippen LogP contribution is 2.56. The van der Waals surface area contributed by atoms with Crippen LogP contribution in [0.2, 0.25) is 0 Å². The Morgan fingerprint density at radius 3 is 2.50 bits per heavy atom. The highest BCUT2D eigenvalue weighted by atomic mass is 16.6. The van der Waals surface area contributed by atoms with Crippen molar-refractivity contribution in [2.24, 2.45) is 11.3 Å². The van der Waals surface area contributed by atoms with E-state index in [9.17, 15) is 9.90 Å². The molecule has 2 aliphatic rings. The molecule has 0 aromatic carbocycles. The van der Waals surface area contributed by atoms with E-state index in [1.54, 1.807) is 4.90 Å². The van der Waals surface area contributed by atoms with Crippen molar-refractivity contribution in [2.45, 2.75) is 39.2 Å². The smallest absolute Gasteiger partial charge is 0.410 e. The maximum atomic E-state index is 11.9. The van der Waals surface area contributed by atoms with Gasteiger partial charge in [-0.05, 0) is 39.0 Å². The first kappa shape index (κ1) is 11.7. The minimum Gasteiger partial charge on any atom is -0.444 e. The van der Waals surface area contributed by atoms with Crippen molar-refractivity contribution in [3.8, 4) is 0 Å². The third-order valence-corrected chi connectivity index (χ3v) is 3.58. The van der Waals surface area contributed by atoms with Crippen LogP contribution in [0, 0.1) is 11.3 Å². The number of aliphatic hydroxyl groups excluding tert-OH is 1. The lowest BCUT2D eigenvalue weighted by molar-refractivity contribution is 0.0280. The predicted molar refractivity (Wildman–Crippen MR) is 60.0 cm³/mol. The van der Waals surface area contributed by atoms with E-state index in [0.717, 1.165) is 19.4 Å². The monoisotopic (exact) mass is 227 g/mol. The zero-order valence-corrected chi connectivity index (χ0v) is 10.3. The lowest BCUT2D eigenvalue weighted by Crippen LogP contribution is -2.35. The molecule has 2 fully saturated rings. The summed E-state index contributed by atoms with van der Waals surface area (Å²) in [6.07, 6.45) is 2.03. The number of amides is 1. The number of carbonyl (C=O) groups is 1. The van der Waals surface area contributed by atoms with Gasteiger partial charge in [0.2, 0.25) is 0 Å². The average Bonchev–Trinajstić information content (AvgIpc) is 2.77. The van der Waals surface area contributed by atoms with E-state index in [1.807, 2.05) is 20.8 Å². The fourth-order valence-electron chi connectivity index (χ4n) is 2.48. The van der Waals surface area contributed by atoms with Crippen LogP contribution in [-0.4, -0.2) is 41.4 Å². The van der Waals surface area contributed by atoms with E-state index in [-0.39, 0.29) is 24.0 Å². The summed E-state index contributed by atoms with van der Waals surface area (Å²) < 4.78 is 5.34. The molecule has 0 radical (unpaired) electrons. The van der Waals surface area contributed by atoms with Crippen LogP contribution in [0.15, 0.2) is 0 Å². The number of nitrogens with zero attached hydrogens (tertiary/aromatic N) is 1. The third kappa shape index (κ3) is 2.17. The molecule has 1 amide bonds. The molecule has 0 aromatic heterocycles. The van der Waals surface area contributed by atoms with E-state index in [2.05, 4.69) is 0 Å². The number of ether oxygens (including phenoxy) is 1. The zero-order chi connectivity index (χ0) is 12.0. The van der Waals surface area contributed by atoms with Crippen molar-refractivity contribution in [3.63, 3.8) is 0 Å². The van der Waals surface area contributed by atoms with E-state index < -0.39 is 5.60 Å². The molecule has 1 spiro atoms. The minimum atomic E-state index is -0.439. The lowest BCUT2D eigenvalue weighted by atomic mass is 9.94. The molecule has 92 valence electrons. The molecule has 1 aliphatic carbocycles. The summed E-state index contributed by atoms with van der Waals surface area (Å²) in [6.45, 7) is 7.20. The second-order valence-corrected chi connectivity index (χ2v) is 6.10. The summed E-state index contributed by atoms with van der Waals surface area (Å²) in [5.41, 5.74) is -0.225. The Balaban J connectivity index is 1.95. The summed E-state index contributed by atoms with van der Waals surface area (Å²) in [5.74, 6) is 0.250. The molecule has 0 bridgehead atoms. The Morgan fingerprint density at radius 1 is 1.50 bits per heavy atom. The van der Waals surface area contributed by atoms with E-state index in [4.69, 9.17) is 4.74 Å². The summed E-state index contributed by atoms with van der Waals surface area (Å²) in [6, 6.07) is 0. The first-order chi connectivity index (χ1) is 7.36. The predicted octanol–water partition coefficient (Wildman–Crippen LogP) is 1.63. The first-order valence-corrected chi connectivity index (χ1v) is 5.95. The molecule has 16 heavy (non-hydrogen) atoms.